The third-order valence-electron chi connectivity index (χ3n) is 0.925. The Balaban J connectivity index is 0. The highest BCUT2D eigenvalue weighted by atomic mass is 15.1. The van der Waals surface area contributed by atoms with Gasteiger partial charge in [0.05, 0.1) is 0 Å². The molecule has 0 bridgehead atoms. The van der Waals surface area contributed by atoms with Crippen LogP contribution < -0.4 is 0 Å². The summed E-state index contributed by atoms with van der Waals surface area (Å²) in [4.78, 5) is 5.57. The van der Waals surface area contributed by atoms with Gasteiger partial charge in [-0.25, -0.2) is 0 Å². The minimum absolute atomic E-state index is 1.01. The van der Waals surface area contributed by atoms with Gasteiger partial charge in [-0.3, -0.25) is 4.99 Å². The zero-order chi connectivity index (χ0) is 8.41. The Kier molecular flexibility index (Phi) is 13.2. The lowest BCUT2D eigenvalue weighted by Gasteiger charge is -2.07. The van der Waals surface area contributed by atoms with Crippen LogP contribution in [-0.2, 0) is 0 Å². The van der Waals surface area contributed by atoms with Crippen molar-refractivity contribution in [1.29, 1.82) is 0 Å². The maximum absolute atomic E-state index is 3.55. The quantitative estimate of drug-likeness (QED) is 0.551. The fourth-order valence-corrected chi connectivity index (χ4v) is 0.266. The molecule has 0 aliphatic carbocycles. The minimum Gasteiger partial charge on any atom is -0.379 e. The second kappa shape index (κ2) is 11.1. The summed E-state index contributed by atoms with van der Waals surface area (Å²) in [7, 11) is 1.99. The Labute approximate surface area is 64.3 Å². The molecule has 0 radical (unpaired) electrons. The molecule has 0 spiro atoms. The Hall–Kier alpha value is -0.790. The first-order chi connectivity index (χ1) is 4.81. The van der Waals surface area contributed by atoms with E-state index >= 15 is 0 Å². The summed E-state index contributed by atoms with van der Waals surface area (Å²) < 4.78 is 0. The van der Waals surface area contributed by atoms with Gasteiger partial charge >= 0.3 is 0 Å². The lowest BCUT2D eigenvalue weighted by molar-refractivity contribution is 0.483. The highest BCUT2D eigenvalue weighted by Crippen LogP contribution is 1.80. The standard InChI is InChI=1S/C6H12N2.C2H6/c1-4-8(3)6-5-7-2;1-2/h5-6H,2,4H2,1,3H3;1-2H3/b6-5-;. The van der Waals surface area contributed by atoms with Crippen LogP contribution in [0.15, 0.2) is 17.4 Å². The Bertz CT molecular complexity index is 87.3. The Morgan fingerprint density at radius 1 is 1.50 bits per heavy atom. The van der Waals surface area contributed by atoms with E-state index in [9.17, 15) is 0 Å². The zero-order valence-corrected chi connectivity index (χ0v) is 7.46. The van der Waals surface area contributed by atoms with E-state index < -0.39 is 0 Å². The molecule has 60 valence electrons. The first-order valence-corrected chi connectivity index (χ1v) is 3.64. The second-order valence-corrected chi connectivity index (χ2v) is 1.55. The number of hydrogen-bond acceptors (Lipinski definition) is 2. The number of nitrogens with zero attached hydrogens (tertiary/aromatic N) is 2. The third kappa shape index (κ3) is 10.2. The van der Waals surface area contributed by atoms with Gasteiger partial charge in [0.2, 0.25) is 0 Å². The van der Waals surface area contributed by atoms with Crippen LogP contribution in [-0.4, -0.2) is 25.2 Å². The molecule has 0 heterocycles. The van der Waals surface area contributed by atoms with E-state index in [1.54, 1.807) is 6.20 Å². The van der Waals surface area contributed by atoms with Gasteiger partial charge in [0, 0.05) is 26.0 Å². The Morgan fingerprint density at radius 3 is 2.30 bits per heavy atom. The van der Waals surface area contributed by atoms with Crippen LogP contribution in [0.4, 0.5) is 0 Å². The van der Waals surface area contributed by atoms with Gasteiger partial charge in [-0.1, -0.05) is 13.8 Å². The molecule has 0 atom stereocenters. The molecule has 0 aromatic heterocycles. The van der Waals surface area contributed by atoms with E-state index in [4.69, 9.17) is 0 Å². The minimum atomic E-state index is 1.01. The number of aliphatic imine (C=N–C) groups is 1. The van der Waals surface area contributed by atoms with Crippen LogP contribution in [0.25, 0.3) is 0 Å². The van der Waals surface area contributed by atoms with Crippen molar-refractivity contribution in [3.05, 3.63) is 12.4 Å². The molecule has 2 nitrogen and oxygen atoms in total. The molecule has 0 unspecified atom stereocenters. The molecule has 0 rings (SSSR count). The lowest BCUT2D eigenvalue weighted by Crippen LogP contribution is -2.07. The fraction of sp³-hybridized carbons (Fsp3) is 0.625. The molecule has 0 aromatic rings. The summed E-state index contributed by atoms with van der Waals surface area (Å²) in [6, 6.07) is 0. The first-order valence-electron chi connectivity index (χ1n) is 3.64. The molecule has 0 aromatic carbocycles. The molecule has 10 heavy (non-hydrogen) atoms. The van der Waals surface area contributed by atoms with Crippen LogP contribution in [0.5, 0.6) is 0 Å². The molecule has 0 saturated heterocycles. The molecule has 0 aliphatic rings. The number of hydrogen-bond donors (Lipinski definition) is 0. The average molecular weight is 142 g/mol. The van der Waals surface area contributed by atoms with E-state index in [2.05, 4.69) is 18.6 Å². The SMILES string of the molecule is C=N/C=C\N(C)CC.CC. The summed E-state index contributed by atoms with van der Waals surface area (Å²) in [6.45, 7) is 10.4. The molecule has 0 aliphatic heterocycles. The molecule has 0 N–H and O–H groups in total. The van der Waals surface area contributed by atoms with Crippen LogP contribution in [0.1, 0.15) is 20.8 Å². The molecule has 0 amide bonds. The van der Waals surface area contributed by atoms with Crippen molar-refractivity contribution in [3.8, 4) is 0 Å². The number of rotatable bonds is 3. The normalized spacial score (nSPS) is 8.40. The van der Waals surface area contributed by atoms with Crippen molar-refractivity contribution in [2.45, 2.75) is 20.8 Å². The van der Waals surface area contributed by atoms with Gasteiger partial charge in [0.25, 0.3) is 0 Å². The van der Waals surface area contributed by atoms with E-state index in [0.29, 0.717) is 0 Å². The highest BCUT2D eigenvalue weighted by molar-refractivity contribution is 5.25. The Morgan fingerprint density at radius 2 is 2.00 bits per heavy atom. The summed E-state index contributed by atoms with van der Waals surface area (Å²) in [5.74, 6) is 0. The van der Waals surface area contributed by atoms with Crippen LogP contribution in [0.3, 0.4) is 0 Å². The van der Waals surface area contributed by atoms with Crippen LogP contribution >= 0.6 is 0 Å². The van der Waals surface area contributed by atoms with Crippen molar-refractivity contribution in [1.82, 2.24) is 4.90 Å². The van der Waals surface area contributed by atoms with Crippen molar-refractivity contribution in [3.63, 3.8) is 0 Å². The van der Waals surface area contributed by atoms with E-state index in [-0.39, 0.29) is 0 Å². The maximum atomic E-state index is 3.55. The van der Waals surface area contributed by atoms with Crippen molar-refractivity contribution < 1.29 is 0 Å². The maximum Gasteiger partial charge on any atom is 0.0419 e. The van der Waals surface area contributed by atoms with Crippen molar-refractivity contribution in [2.24, 2.45) is 4.99 Å². The predicted octanol–water partition coefficient (Wildman–Crippen LogP) is 2.14. The second-order valence-electron chi connectivity index (χ2n) is 1.55. The third-order valence-corrected chi connectivity index (χ3v) is 0.925. The molecular weight excluding hydrogens is 124 g/mol. The summed E-state index contributed by atoms with van der Waals surface area (Å²) >= 11 is 0. The monoisotopic (exact) mass is 142 g/mol. The highest BCUT2D eigenvalue weighted by Gasteiger charge is 1.77. The lowest BCUT2D eigenvalue weighted by atomic mass is 10.6. The fourth-order valence-electron chi connectivity index (χ4n) is 0.266. The summed E-state index contributed by atoms with van der Waals surface area (Å²) in [5.41, 5.74) is 0. The molecule has 2 heteroatoms. The van der Waals surface area contributed by atoms with Crippen LogP contribution in [0, 0.1) is 0 Å². The van der Waals surface area contributed by atoms with Gasteiger partial charge in [-0.2, -0.15) is 0 Å². The largest absolute Gasteiger partial charge is 0.379 e. The first kappa shape index (κ1) is 11.9. The summed E-state index contributed by atoms with van der Waals surface area (Å²) in [6.07, 6.45) is 3.55. The predicted molar refractivity (Wildman–Crippen MR) is 48.3 cm³/mol. The zero-order valence-electron chi connectivity index (χ0n) is 7.46. The van der Waals surface area contributed by atoms with Crippen molar-refractivity contribution >= 4 is 6.72 Å². The van der Waals surface area contributed by atoms with E-state index in [0.717, 1.165) is 6.54 Å². The van der Waals surface area contributed by atoms with Gasteiger partial charge in [0.1, 0.15) is 0 Å². The van der Waals surface area contributed by atoms with Gasteiger partial charge in [-0.15, -0.1) is 0 Å². The van der Waals surface area contributed by atoms with E-state index in [1.807, 2.05) is 32.0 Å². The molecule has 0 fully saturated rings. The average Bonchev–Trinajstić information content (AvgIpc) is 2.04. The smallest absolute Gasteiger partial charge is 0.0419 e. The van der Waals surface area contributed by atoms with Crippen molar-refractivity contribution in [2.75, 3.05) is 13.6 Å². The van der Waals surface area contributed by atoms with Gasteiger partial charge in [0.15, 0.2) is 0 Å². The molecule has 0 saturated carbocycles. The summed E-state index contributed by atoms with van der Waals surface area (Å²) in [5, 5.41) is 0. The van der Waals surface area contributed by atoms with Gasteiger partial charge in [-0.05, 0) is 13.6 Å². The molecular formula is C8H18N2. The van der Waals surface area contributed by atoms with Crippen LogP contribution in [0.2, 0.25) is 0 Å². The van der Waals surface area contributed by atoms with E-state index in [1.165, 1.54) is 0 Å². The topological polar surface area (TPSA) is 15.6 Å². The van der Waals surface area contributed by atoms with Gasteiger partial charge < -0.3 is 4.90 Å².